The van der Waals surface area contributed by atoms with Gasteiger partial charge in [-0.1, -0.05) is 0 Å². The molecule has 3 heterocycles. The Morgan fingerprint density at radius 1 is 1.36 bits per heavy atom. The fourth-order valence-corrected chi connectivity index (χ4v) is 3.95. The molecule has 0 aliphatic heterocycles. The summed E-state index contributed by atoms with van der Waals surface area (Å²) in [7, 11) is 0. The van der Waals surface area contributed by atoms with Crippen LogP contribution in [0.5, 0.6) is 0 Å². The number of aryl methyl sites for hydroxylation is 1. The number of thiazole rings is 1. The van der Waals surface area contributed by atoms with Gasteiger partial charge in [-0.05, 0) is 38.2 Å². The summed E-state index contributed by atoms with van der Waals surface area (Å²) in [5.74, 6) is 0.715. The molecule has 5 nitrogen and oxygen atoms in total. The molecule has 0 amide bonds. The Morgan fingerprint density at radius 2 is 2.32 bits per heavy atom. The summed E-state index contributed by atoms with van der Waals surface area (Å²) in [4.78, 5) is 12.9. The molecule has 22 heavy (non-hydrogen) atoms. The predicted molar refractivity (Wildman–Crippen MR) is 89.2 cm³/mol. The Morgan fingerprint density at radius 3 is 3.18 bits per heavy atom. The van der Waals surface area contributed by atoms with Gasteiger partial charge in [-0.3, -0.25) is 4.98 Å². The number of nitrogens with one attached hydrogen (secondary N) is 1. The van der Waals surface area contributed by atoms with Crippen LogP contribution in [0.1, 0.15) is 31.0 Å². The van der Waals surface area contributed by atoms with Gasteiger partial charge in [-0.2, -0.15) is 0 Å². The Bertz CT molecular complexity index is 764. The van der Waals surface area contributed by atoms with Crippen molar-refractivity contribution in [3.05, 3.63) is 36.0 Å². The largest absolute Gasteiger partial charge is 0.375 e. The fraction of sp³-hybridized carbons (Fsp3) is 0.438. The van der Waals surface area contributed by atoms with Gasteiger partial charge in [0.1, 0.15) is 17.0 Å². The highest BCUT2D eigenvalue weighted by Crippen LogP contribution is 2.36. The number of nitrogens with zero attached hydrogens (tertiary/aromatic N) is 4. The number of hydrogen-bond donors (Lipinski definition) is 1. The highest BCUT2D eigenvalue weighted by molar-refractivity contribution is 7.13. The zero-order valence-corrected chi connectivity index (χ0v) is 13.4. The molecule has 1 fully saturated rings. The van der Waals surface area contributed by atoms with Crippen LogP contribution < -0.4 is 5.32 Å². The molecule has 4 rings (SSSR count). The van der Waals surface area contributed by atoms with Gasteiger partial charge in [-0.25, -0.2) is 9.97 Å². The average Bonchev–Trinajstić information content (AvgIpc) is 3.25. The first-order valence-corrected chi connectivity index (χ1v) is 8.59. The van der Waals surface area contributed by atoms with Gasteiger partial charge in [0, 0.05) is 24.2 Å². The molecular weight excluding hydrogens is 294 g/mol. The first kappa shape index (κ1) is 13.7. The first-order valence-electron chi connectivity index (χ1n) is 7.72. The van der Waals surface area contributed by atoms with E-state index in [9.17, 15) is 0 Å². The lowest BCUT2D eigenvalue weighted by molar-refractivity contribution is 0.496. The van der Waals surface area contributed by atoms with E-state index in [2.05, 4.69) is 37.1 Å². The third-order valence-electron chi connectivity index (χ3n) is 4.61. The Balaban J connectivity index is 1.46. The number of aromatic nitrogens is 4. The smallest absolute Gasteiger partial charge is 0.143 e. The maximum absolute atomic E-state index is 4.49. The second kappa shape index (κ2) is 5.68. The Hall–Kier alpha value is -1.95. The lowest BCUT2D eigenvalue weighted by atomic mass is 10.1. The molecule has 0 radical (unpaired) electrons. The molecular formula is C16H19N5S. The summed E-state index contributed by atoms with van der Waals surface area (Å²) in [6.45, 7) is 3.08. The van der Waals surface area contributed by atoms with Crippen LogP contribution in [0.3, 0.4) is 0 Å². The molecule has 1 saturated carbocycles. The van der Waals surface area contributed by atoms with Crippen molar-refractivity contribution >= 4 is 27.4 Å². The van der Waals surface area contributed by atoms with Crippen LogP contribution >= 0.6 is 11.3 Å². The van der Waals surface area contributed by atoms with Crippen LogP contribution in [0.15, 0.2) is 30.3 Å². The van der Waals surface area contributed by atoms with Crippen molar-refractivity contribution < 1.29 is 0 Å². The van der Waals surface area contributed by atoms with Crippen molar-refractivity contribution in [3.8, 4) is 0 Å². The Kier molecular flexibility index (Phi) is 3.54. The summed E-state index contributed by atoms with van der Waals surface area (Å²) < 4.78 is 2.34. The Labute approximate surface area is 133 Å². The molecule has 3 aromatic heterocycles. The second-order valence-electron chi connectivity index (χ2n) is 6.00. The van der Waals surface area contributed by atoms with Gasteiger partial charge in [0.15, 0.2) is 0 Å². The van der Waals surface area contributed by atoms with Crippen LogP contribution in [0, 0.1) is 12.8 Å². The molecule has 2 atom stereocenters. The standard InChI is InChI=1S/C16H19N5S/c1-11-14-4-5-21(16(14)20-9-19-11)13-3-2-12(6-13)7-18-15-8-17-10-22-15/h4-5,8-10,12-13,18H,2-3,6-7H2,1H3/t12-,13+/m1/s1. The summed E-state index contributed by atoms with van der Waals surface area (Å²) in [6.07, 6.45) is 9.44. The van der Waals surface area contributed by atoms with Gasteiger partial charge in [0.2, 0.25) is 0 Å². The van der Waals surface area contributed by atoms with E-state index in [1.807, 2.05) is 18.6 Å². The van der Waals surface area contributed by atoms with Crippen molar-refractivity contribution in [2.45, 2.75) is 32.2 Å². The second-order valence-corrected chi connectivity index (χ2v) is 6.89. The van der Waals surface area contributed by atoms with Crippen molar-refractivity contribution in [2.75, 3.05) is 11.9 Å². The molecule has 1 N–H and O–H groups in total. The van der Waals surface area contributed by atoms with Crippen molar-refractivity contribution in [3.63, 3.8) is 0 Å². The van der Waals surface area contributed by atoms with E-state index in [1.165, 1.54) is 29.6 Å². The van der Waals surface area contributed by atoms with Gasteiger partial charge in [-0.15, -0.1) is 11.3 Å². The molecule has 3 aromatic rings. The van der Waals surface area contributed by atoms with Gasteiger partial charge in [0.25, 0.3) is 0 Å². The minimum atomic E-state index is 0.556. The van der Waals surface area contributed by atoms with Crippen molar-refractivity contribution in [1.82, 2.24) is 19.5 Å². The molecule has 0 spiro atoms. The molecule has 6 heteroatoms. The van der Waals surface area contributed by atoms with Crippen molar-refractivity contribution in [2.24, 2.45) is 5.92 Å². The van der Waals surface area contributed by atoms with Crippen LogP contribution in [0.4, 0.5) is 5.00 Å². The van der Waals surface area contributed by atoms with Gasteiger partial charge < -0.3 is 9.88 Å². The van der Waals surface area contributed by atoms with Crippen molar-refractivity contribution in [1.29, 1.82) is 0 Å². The maximum Gasteiger partial charge on any atom is 0.143 e. The monoisotopic (exact) mass is 313 g/mol. The average molecular weight is 313 g/mol. The maximum atomic E-state index is 4.49. The lowest BCUT2D eigenvalue weighted by Gasteiger charge is -2.14. The molecule has 0 saturated heterocycles. The van der Waals surface area contributed by atoms with Gasteiger partial charge in [0.05, 0.1) is 17.4 Å². The van der Waals surface area contributed by atoms with Crippen LogP contribution in [0.25, 0.3) is 11.0 Å². The fourth-order valence-electron chi connectivity index (χ4n) is 3.43. The summed E-state index contributed by atoms with van der Waals surface area (Å²) in [5, 5.41) is 5.84. The van der Waals surface area contributed by atoms with E-state index < -0.39 is 0 Å². The molecule has 1 aliphatic rings. The van der Waals surface area contributed by atoms with E-state index in [1.54, 1.807) is 17.7 Å². The quantitative estimate of drug-likeness (QED) is 0.799. The zero-order chi connectivity index (χ0) is 14.9. The van der Waals surface area contributed by atoms with E-state index in [0.717, 1.165) is 17.9 Å². The zero-order valence-electron chi connectivity index (χ0n) is 12.6. The molecule has 0 unspecified atom stereocenters. The van der Waals surface area contributed by atoms with Crippen LogP contribution in [-0.4, -0.2) is 26.1 Å². The predicted octanol–water partition coefficient (Wildman–Crippen LogP) is 3.65. The van der Waals surface area contributed by atoms with Crippen LogP contribution in [0.2, 0.25) is 0 Å². The highest BCUT2D eigenvalue weighted by Gasteiger charge is 2.27. The number of rotatable bonds is 4. The van der Waals surface area contributed by atoms with Crippen LogP contribution in [-0.2, 0) is 0 Å². The molecule has 1 aliphatic carbocycles. The van der Waals surface area contributed by atoms with E-state index >= 15 is 0 Å². The van der Waals surface area contributed by atoms with E-state index in [0.29, 0.717) is 12.0 Å². The normalized spacial score (nSPS) is 21.5. The summed E-state index contributed by atoms with van der Waals surface area (Å²) >= 11 is 1.66. The minimum absolute atomic E-state index is 0.556. The summed E-state index contributed by atoms with van der Waals surface area (Å²) in [5.41, 5.74) is 4.01. The SMILES string of the molecule is Cc1ncnc2c1ccn2[C@H]1CC[C@@H](CNc2cncs2)C1. The first-order chi connectivity index (χ1) is 10.8. The minimum Gasteiger partial charge on any atom is -0.375 e. The molecule has 0 aromatic carbocycles. The topological polar surface area (TPSA) is 55.6 Å². The number of hydrogen-bond acceptors (Lipinski definition) is 5. The summed E-state index contributed by atoms with van der Waals surface area (Å²) in [6, 6.07) is 2.70. The third kappa shape index (κ3) is 2.47. The highest BCUT2D eigenvalue weighted by atomic mass is 32.1. The molecule has 114 valence electrons. The molecule has 0 bridgehead atoms. The lowest BCUT2D eigenvalue weighted by Crippen LogP contribution is -2.12. The third-order valence-corrected chi connectivity index (χ3v) is 5.34. The van der Waals surface area contributed by atoms with Gasteiger partial charge >= 0.3 is 0 Å². The number of fused-ring (bicyclic) bond motifs is 1. The van der Waals surface area contributed by atoms with E-state index in [-0.39, 0.29) is 0 Å². The van der Waals surface area contributed by atoms with E-state index in [4.69, 9.17) is 0 Å². The number of anilines is 1.